The summed E-state index contributed by atoms with van der Waals surface area (Å²) in [6, 6.07) is 8.02. The van der Waals surface area contributed by atoms with Crippen LogP contribution in [0.25, 0.3) is 0 Å². The third-order valence-corrected chi connectivity index (χ3v) is 4.68. The molecule has 2 unspecified atom stereocenters. The Morgan fingerprint density at radius 2 is 2.16 bits per heavy atom. The van der Waals surface area contributed by atoms with Crippen LogP contribution in [-0.4, -0.2) is 54.8 Å². The van der Waals surface area contributed by atoms with E-state index in [0.717, 1.165) is 38.2 Å². The minimum Gasteiger partial charge on any atom is -0.491 e. The number of benzene rings is 1. The second-order valence-corrected chi connectivity index (χ2v) is 7.36. The first-order valence-electron chi connectivity index (χ1n) is 9.32. The van der Waals surface area contributed by atoms with Gasteiger partial charge in [0.2, 0.25) is 5.91 Å². The molecule has 1 amide bonds. The van der Waals surface area contributed by atoms with E-state index in [2.05, 4.69) is 30.1 Å². The van der Waals surface area contributed by atoms with Crippen LogP contribution in [0.4, 0.5) is 0 Å². The van der Waals surface area contributed by atoms with E-state index in [1.807, 2.05) is 18.2 Å². The van der Waals surface area contributed by atoms with Crippen molar-refractivity contribution in [3.05, 3.63) is 29.8 Å². The Bertz CT molecular complexity index is 547. The van der Waals surface area contributed by atoms with E-state index in [9.17, 15) is 9.90 Å². The molecule has 0 aromatic heterocycles. The number of amides is 1. The fraction of sp³-hybridized carbons (Fsp3) is 0.650. The molecule has 2 rings (SSSR count). The summed E-state index contributed by atoms with van der Waals surface area (Å²) in [4.78, 5) is 13.3. The fourth-order valence-corrected chi connectivity index (χ4v) is 3.40. The number of likely N-dealkylation sites (tertiary alicyclic amines) is 1. The molecule has 2 N–H and O–H groups in total. The van der Waals surface area contributed by atoms with Crippen molar-refractivity contribution in [2.45, 2.75) is 45.6 Å². The van der Waals surface area contributed by atoms with Crippen LogP contribution in [0.5, 0.6) is 5.75 Å². The van der Waals surface area contributed by atoms with Gasteiger partial charge in [-0.2, -0.15) is 0 Å². The van der Waals surface area contributed by atoms with Gasteiger partial charge in [-0.1, -0.05) is 32.0 Å². The molecule has 0 aliphatic carbocycles. The maximum atomic E-state index is 11.1. The molecule has 0 spiro atoms. The minimum absolute atomic E-state index is 0.0226. The number of aliphatic hydroxyl groups excluding tert-OH is 1. The summed E-state index contributed by atoms with van der Waals surface area (Å²) in [6.07, 6.45) is 1.72. The van der Waals surface area contributed by atoms with Crippen molar-refractivity contribution in [2.24, 2.45) is 5.92 Å². The van der Waals surface area contributed by atoms with Gasteiger partial charge < -0.3 is 20.1 Å². The molecule has 1 aromatic rings. The first-order valence-corrected chi connectivity index (χ1v) is 9.32. The number of aliphatic hydroxyl groups is 1. The largest absolute Gasteiger partial charge is 0.491 e. The zero-order valence-corrected chi connectivity index (χ0v) is 15.7. The van der Waals surface area contributed by atoms with E-state index in [0.29, 0.717) is 25.0 Å². The number of piperidine rings is 1. The standard InChI is InChI=1S/C20H32N2O3/c1-15(2)19-8-4-5-9-20(19)25-14-18(24)13-22-10-6-7-17(12-22)11-21-16(3)23/h4-5,8-9,15,17-18,24H,6-7,10-14H2,1-3H3,(H,21,23). The summed E-state index contributed by atoms with van der Waals surface area (Å²) in [7, 11) is 0. The molecule has 1 aromatic carbocycles. The van der Waals surface area contributed by atoms with E-state index in [4.69, 9.17) is 4.74 Å². The van der Waals surface area contributed by atoms with Gasteiger partial charge in [-0.3, -0.25) is 4.79 Å². The number of carbonyl (C=O) groups excluding carboxylic acids is 1. The van der Waals surface area contributed by atoms with E-state index in [1.54, 1.807) is 6.92 Å². The Hall–Kier alpha value is -1.59. The molecule has 2 atom stereocenters. The Morgan fingerprint density at radius 3 is 2.88 bits per heavy atom. The Kier molecular flexibility index (Phi) is 7.72. The quantitative estimate of drug-likeness (QED) is 0.757. The third-order valence-electron chi connectivity index (χ3n) is 4.68. The second kappa shape index (κ2) is 9.78. The van der Waals surface area contributed by atoms with E-state index in [1.165, 1.54) is 5.56 Å². The van der Waals surface area contributed by atoms with Gasteiger partial charge >= 0.3 is 0 Å². The normalized spacial score (nSPS) is 19.6. The lowest BCUT2D eigenvalue weighted by atomic mass is 9.97. The molecule has 0 radical (unpaired) electrons. The fourth-order valence-electron chi connectivity index (χ4n) is 3.40. The molecule has 1 aliphatic rings. The Morgan fingerprint density at radius 1 is 1.40 bits per heavy atom. The summed E-state index contributed by atoms with van der Waals surface area (Å²) < 4.78 is 5.87. The van der Waals surface area contributed by atoms with Gasteiger partial charge in [-0.25, -0.2) is 0 Å². The number of nitrogens with zero attached hydrogens (tertiary/aromatic N) is 1. The number of hydrogen-bond acceptors (Lipinski definition) is 4. The molecule has 140 valence electrons. The molecule has 0 saturated carbocycles. The van der Waals surface area contributed by atoms with Crippen molar-refractivity contribution in [1.29, 1.82) is 0 Å². The maximum absolute atomic E-state index is 11.1. The topological polar surface area (TPSA) is 61.8 Å². The zero-order chi connectivity index (χ0) is 18.2. The van der Waals surface area contributed by atoms with Gasteiger partial charge in [0.25, 0.3) is 0 Å². The van der Waals surface area contributed by atoms with Crippen molar-refractivity contribution in [1.82, 2.24) is 10.2 Å². The van der Waals surface area contributed by atoms with E-state index < -0.39 is 6.10 Å². The average molecular weight is 348 g/mol. The molecular weight excluding hydrogens is 316 g/mol. The number of carbonyl (C=O) groups is 1. The van der Waals surface area contributed by atoms with Crippen LogP contribution in [0, 0.1) is 5.92 Å². The smallest absolute Gasteiger partial charge is 0.216 e. The molecule has 0 bridgehead atoms. The number of nitrogens with one attached hydrogen (secondary N) is 1. The lowest BCUT2D eigenvalue weighted by Gasteiger charge is -2.34. The zero-order valence-electron chi connectivity index (χ0n) is 15.7. The average Bonchev–Trinajstić information content (AvgIpc) is 2.58. The molecule has 1 heterocycles. The SMILES string of the molecule is CC(=O)NCC1CCCN(CC(O)COc2ccccc2C(C)C)C1. The summed E-state index contributed by atoms with van der Waals surface area (Å²) in [5, 5.41) is 13.3. The molecule has 5 heteroatoms. The van der Waals surface area contributed by atoms with Crippen molar-refractivity contribution >= 4 is 5.91 Å². The highest BCUT2D eigenvalue weighted by Crippen LogP contribution is 2.26. The predicted octanol–water partition coefficient (Wildman–Crippen LogP) is 2.40. The van der Waals surface area contributed by atoms with Gasteiger partial charge in [-0.15, -0.1) is 0 Å². The Labute approximate surface area is 151 Å². The number of rotatable bonds is 8. The predicted molar refractivity (Wildman–Crippen MR) is 99.9 cm³/mol. The lowest BCUT2D eigenvalue weighted by molar-refractivity contribution is -0.119. The van der Waals surface area contributed by atoms with Crippen molar-refractivity contribution < 1.29 is 14.6 Å². The molecule has 25 heavy (non-hydrogen) atoms. The highest BCUT2D eigenvalue weighted by molar-refractivity contribution is 5.72. The van der Waals surface area contributed by atoms with Crippen molar-refractivity contribution in [2.75, 3.05) is 32.8 Å². The van der Waals surface area contributed by atoms with Crippen LogP contribution in [-0.2, 0) is 4.79 Å². The van der Waals surface area contributed by atoms with E-state index >= 15 is 0 Å². The third kappa shape index (κ3) is 6.67. The van der Waals surface area contributed by atoms with Gasteiger partial charge in [0.15, 0.2) is 0 Å². The highest BCUT2D eigenvalue weighted by Gasteiger charge is 2.22. The van der Waals surface area contributed by atoms with Gasteiger partial charge in [0, 0.05) is 26.6 Å². The summed E-state index contributed by atoms with van der Waals surface area (Å²) in [5.74, 6) is 1.74. The van der Waals surface area contributed by atoms with Gasteiger partial charge in [-0.05, 0) is 42.9 Å². The van der Waals surface area contributed by atoms with Crippen LogP contribution in [0.15, 0.2) is 24.3 Å². The molecule has 1 saturated heterocycles. The lowest BCUT2D eigenvalue weighted by Crippen LogP contribution is -2.44. The van der Waals surface area contributed by atoms with Crippen LogP contribution in [0.2, 0.25) is 0 Å². The van der Waals surface area contributed by atoms with Crippen LogP contribution >= 0.6 is 0 Å². The first-order chi connectivity index (χ1) is 12.0. The van der Waals surface area contributed by atoms with Gasteiger partial charge in [0.05, 0.1) is 0 Å². The van der Waals surface area contributed by atoms with Crippen LogP contribution < -0.4 is 10.1 Å². The first kappa shape index (κ1) is 19.7. The van der Waals surface area contributed by atoms with Crippen molar-refractivity contribution in [3.63, 3.8) is 0 Å². The number of para-hydroxylation sites is 1. The van der Waals surface area contributed by atoms with Crippen LogP contribution in [0.3, 0.4) is 0 Å². The van der Waals surface area contributed by atoms with Gasteiger partial charge in [0.1, 0.15) is 18.5 Å². The number of ether oxygens (including phenoxy) is 1. The van der Waals surface area contributed by atoms with Crippen LogP contribution in [0.1, 0.15) is 45.1 Å². The Balaban J connectivity index is 1.78. The number of β-amino-alcohol motifs (C(OH)–C–C–N with tert-alkyl or cyclic N) is 1. The van der Waals surface area contributed by atoms with E-state index in [-0.39, 0.29) is 5.91 Å². The molecule has 1 fully saturated rings. The molecule has 5 nitrogen and oxygen atoms in total. The number of hydrogen-bond donors (Lipinski definition) is 2. The minimum atomic E-state index is -0.514. The molecule has 1 aliphatic heterocycles. The maximum Gasteiger partial charge on any atom is 0.216 e. The van der Waals surface area contributed by atoms with Crippen molar-refractivity contribution in [3.8, 4) is 5.75 Å². The summed E-state index contributed by atoms with van der Waals surface area (Å²) in [6.45, 7) is 9.38. The highest BCUT2D eigenvalue weighted by atomic mass is 16.5. The summed E-state index contributed by atoms with van der Waals surface area (Å²) >= 11 is 0. The summed E-state index contributed by atoms with van der Waals surface area (Å²) in [5.41, 5.74) is 1.17. The second-order valence-electron chi connectivity index (χ2n) is 7.36. The monoisotopic (exact) mass is 348 g/mol. The molecular formula is C20H32N2O3.